The molecule has 54 valence electrons. The van der Waals surface area contributed by atoms with Gasteiger partial charge in [-0.15, -0.1) is 0 Å². The normalized spacial score (nSPS) is 30.7. The van der Waals surface area contributed by atoms with Crippen LogP contribution in [0.1, 0.15) is 20.3 Å². The molecular weight excluding hydrogens is 114 g/mol. The predicted octanol–water partition coefficient (Wildman–Crippen LogP) is 0.978. The van der Waals surface area contributed by atoms with Crippen LogP contribution in [0.4, 0.5) is 0 Å². The van der Waals surface area contributed by atoms with Gasteiger partial charge < -0.3 is 4.74 Å². The van der Waals surface area contributed by atoms with Crippen LogP contribution in [0, 0.1) is 5.92 Å². The molecule has 1 aliphatic rings. The molecule has 0 aliphatic carbocycles. The van der Waals surface area contributed by atoms with Gasteiger partial charge in [0.1, 0.15) is 0 Å². The number of hydrogen-bond donors (Lipinski definition) is 1. The van der Waals surface area contributed by atoms with Crippen LogP contribution in [-0.2, 0) is 4.74 Å². The maximum absolute atomic E-state index is 5.17. The lowest BCUT2D eigenvalue weighted by atomic mass is 10.0. The highest BCUT2D eigenvalue weighted by atomic mass is 16.5. The molecule has 0 aromatic rings. The van der Waals surface area contributed by atoms with Crippen LogP contribution in [0.25, 0.3) is 0 Å². The summed E-state index contributed by atoms with van der Waals surface area (Å²) in [5.41, 5.74) is 0. The largest absolute Gasteiger partial charge is 0.365 e. The number of hydrogen-bond acceptors (Lipinski definition) is 2. The van der Waals surface area contributed by atoms with Crippen molar-refractivity contribution in [2.75, 3.05) is 13.3 Å². The molecule has 1 fully saturated rings. The molecule has 1 rings (SSSR count). The van der Waals surface area contributed by atoms with Crippen molar-refractivity contribution in [2.24, 2.45) is 5.92 Å². The van der Waals surface area contributed by atoms with Crippen molar-refractivity contribution >= 4 is 0 Å². The molecule has 2 atom stereocenters. The van der Waals surface area contributed by atoms with E-state index in [-0.39, 0.29) is 0 Å². The second-order valence-electron chi connectivity index (χ2n) is 2.71. The van der Waals surface area contributed by atoms with Gasteiger partial charge in [0.15, 0.2) is 0 Å². The minimum absolute atomic E-state index is 0.606. The fourth-order valence-corrected chi connectivity index (χ4v) is 1.06. The maximum Gasteiger partial charge on any atom is 0.0969 e. The topological polar surface area (TPSA) is 21.3 Å². The van der Waals surface area contributed by atoms with E-state index in [4.69, 9.17) is 4.74 Å². The van der Waals surface area contributed by atoms with E-state index in [1.807, 2.05) is 0 Å². The summed E-state index contributed by atoms with van der Waals surface area (Å²) in [7, 11) is 0. The van der Waals surface area contributed by atoms with E-state index in [1.165, 1.54) is 6.42 Å². The van der Waals surface area contributed by atoms with Crippen molar-refractivity contribution in [2.45, 2.75) is 26.3 Å². The lowest BCUT2D eigenvalue weighted by Crippen LogP contribution is -2.30. The first-order chi connectivity index (χ1) is 4.34. The van der Waals surface area contributed by atoms with E-state index in [1.54, 1.807) is 0 Å². The van der Waals surface area contributed by atoms with Gasteiger partial charge in [0.2, 0.25) is 0 Å². The maximum atomic E-state index is 5.17. The molecule has 1 N–H and O–H groups in total. The summed E-state index contributed by atoms with van der Waals surface area (Å²) in [6, 6.07) is 0.606. The zero-order chi connectivity index (χ0) is 6.69. The SMILES string of the molecule is CC[C@H](C)[C@H]1COCN1. The molecule has 0 bridgehead atoms. The Balaban J connectivity index is 2.24. The minimum atomic E-state index is 0.606. The lowest BCUT2D eigenvalue weighted by molar-refractivity contribution is 0.184. The highest BCUT2D eigenvalue weighted by Crippen LogP contribution is 2.10. The second kappa shape index (κ2) is 3.18. The summed E-state index contributed by atoms with van der Waals surface area (Å²) in [5, 5.41) is 3.29. The Morgan fingerprint density at radius 2 is 2.56 bits per heavy atom. The van der Waals surface area contributed by atoms with Gasteiger partial charge in [0.05, 0.1) is 13.3 Å². The highest BCUT2D eigenvalue weighted by molar-refractivity contribution is 4.73. The smallest absolute Gasteiger partial charge is 0.0969 e. The average Bonchev–Trinajstić information content (AvgIpc) is 2.37. The summed E-state index contributed by atoms with van der Waals surface area (Å²) in [5.74, 6) is 0.757. The molecule has 0 aromatic heterocycles. The Morgan fingerprint density at radius 3 is 3.00 bits per heavy atom. The van der Waals surface area contributed by atoms with Crippen LogP contribution in [0.5, 0.6) is 0 Å². The highest BCUT2D eigenvalue weighted by Gasteiger charge is 2.19. The van der Waals surface area contributed by atoms with Crippen molar-refractivity contribution in [3.05, 3.63) is 0 Å². The molecule has 1 aliphatic heterocycles. The molecule has 0 amide bonds. The van der Waals surface area contributed by atoms with Crippen LogP contribution < -0.4 is 5.32 Å². The van der Waals surface area contributed by atoms with Gasteiger partial charge in [-0.25, -0.2) is 0 Å². The van der Waals surface area contributed by atoms with E-state index in [2.05, 4.69) is 19.2 Å². The fourth-order valence-electron chi connectivity index (χ4n) is 1.06. The third kappa shape index (κ3) is 1.66. The Kier molecular flexibility index (Phi) is 2.49. The summed E-state index contributed by atoms with van der Waals surface area (Å²) < 4.78 is 5.17. The number of ether oxygens (including phenoxy) is 1. The fraction of sp³-hybridized carbons (Fsp3) is 1.00. The van der Waals surface area contributed by atoms with E-state index in [9.17, 15) is 0 Å². The van der Waals surface area contributed by atoms with E-state index in [0.29, 0.717) is 6.04 Å². The van der Waals surface area contributed by atoms with Gasteiger partial charge in [0, 0.05) is 6.04 Å². The van der Waals surface area contributed by atoms with Crippen molar-refractivity contribution in [3.8, 4) is 0 Å². The molecule has 1 heterocycles. The van der Waals surface area contributed by atoms with Crippen molar-refractivity contribution in [3.63, 3.8) is 0 Å². The van der Waals surface area contributed by atoms with Gasteiger partial charge in [-0.3, -0.25) is 5.32 Å². The predicted molar refractivity (Wildman–Crippen MR) is 37.2 cm³/mol. The lowest BCUT2D eigenvalue weighted by Gasteiger charge is -2.14. The van der Waals surface area contributed by atoms with Crippen LogP contribution in [-0.4, -0.2) is 19.4 Å². The first kappa shape index (κ1) is 7.03. The Morgan fingerprint density at radius 1 is 1.78 bits per heavy atom. The summed E-state index contributed by atoms with van der Waals surface area (Å²) >= 11 is 0. The second-order valence-corrected chi connectivity index (χ2v) is 2.71. The third-order valence-corrected chi connectivity index (χ3v) is 2.08. The standard InChI is InChI=1S/C7H15NO/c1-3-6(2)7-4-9-5-8-7/h6-8H,3-5H2,1-2H3/t6-,7+/m0/s1. The number of rotatable bonds is 2. The van der Waals surface area contributed by atoms with Gasteiger partial charge in [0.25, 0.3) is 0 Å². The van der Waals surface area contributed by atoms with Crippen molar-refractivity contribution < 1.29 is 4.74 Å². The van der Waals surface area contributed by atoms with Crippen LogP contribution >= 0.6 is 0 Å². The van der Waals surface area contributed by atoms with Crippen LogP contribution in [0.3, 0.4) is 0 Å². The number of nitrogens with one attached hydrogen (secondary N) is 1. The summed E-state index contributed by atoms with van der Waals surface area (Å²) in [6.45, 7) is 6.11. The van der Waals surface area contributed by atoms with Crippen LogP contribution in [0.15, 0.2) is 0 Å². The molecule has 9 heavy (non-hydrogen) atoms. The Hall–Kier alpha value is -0.0800. The third-order valence-electron chi connectivity index (χ3n) is 2.08. The van der Waals surface area contributed by atoms with E-state index < -0.39 is 0 Å². The minimum Gasteiger partial charge on any atom is -0.365 e. The molecule has 0 radical (unpaired) electrons. The van der Waals surface area contributed by atoms with E-state index >= 15 is 0 Å². The average molecular weight is 129 g/mol. The van der Waals surface area contributed by atoms with Crippen molar-refractivity contribution in [1.29, 1.82) is 0 Å². The summed E-state index contributed by atoms with van der Waals surface area (Å²) in [4.78, 5) is 0. The Labute approximate surface area is 56.6 Å². The quantitative estimate of drug-likeness (QED) is 0.600. The molecule has 2 nitrogen and oxygen atoms in total. The molecule has 0 spiro atoms. The molecule has 1 saturated heterocycles. The van der Waals surface area contributed by atoms with Gasteiger partial charge >= 0.3 is 0 Å². The molecule has 0 saturated carbocycles. The van der Waals surface area contributed by atoms with Gasteiger partial charge in [-0.2, -0.15) is 0 Å². The first-order valence-corrected chi connectivity index (χ1v) is 3.65. The summed E-state index contributed by atoms with van der Waals surface area (Å²) in [6.07, 6.45) is 1.24. The molecule has 0 unspecified atom stereocenters. The Bertz CT molecular complexity index is 79.0. The zero-order valence-electron chi connectivity index (χ0n) is 6.18. The first-order valence-electron chi connectivity index (χ1n) is 3.65. The molecule has 0 aromatic carbocycles. The van der Waals surface area contributed by atoms with Gasteiger partial charge in [-0.1, -0.05) is 20.3 Å². The van der Waals surface area contributed by atoms with Gasteiger partial charge in [-0.05, 0) is 5.92 Å². The van der Waals surface area contributed by atoms with Crippen molar-refractivity contribution in [1.82, 2.24) is 5.32 Å². The monoisotopic (exact) mass is 129 g/mol. The zero-order valence-corrected chi connectivity index (χ0v) is 6.18. The van der Waals surface area contributed by atoms with Crippen LogP contribution in [0.2, 0.25) is 0 Å². The molecule has 2 heteroatoms. The molecular formula is C7H15NO. The van der Waals surface area contributed by atoms with E-state index in [0.717, 1.165) is 19.3 Å².